The molecule has 260 valence electrons. The largest absolute Gasteiger partial charge is 0.432 e. The number of esters is 1. The fraction of sp³-hybridized carbons (Fsp3) is 0.324. The summed E-state index contributed by atoms with van der Waals surface area (Å²) in [5.41, 5.74) is -1.87. The van der Waals surface area contributed by atoms with Gasteiger partial charge in [0.2, 0.25) is 0 Å². The zero-order valence-corrected chi connectivity index (χ0v) is 26.2. The van der Waals surface area contributed by atoms with Gasteiger partial charge >= 0.3 is 12.1 Å². The molecule has 4 aromatic rings. The van der Waals surface area contributed by atoms with Crippen molar-refractivity contribution in [2.75, 3.05) is 0 Å². The number of hydrogen-bond acceptors (Lipinski definition) is 3. The van der Waals surface area contributed by atoms with Gasteiger partial charge in [-0.2, -0.15) is 8.78 Å². The quantitative estimate of drug-likeness (QED) is 0.0515. The Hall–Kier alpha value is -4.48. The van der Waals surface area contributed by atoms with Gasteiger partial charge in [0.25, 0.3) is 0 Å². The van der Waals surface area contributed by atoms with E-state index in [0.29, 0.717) is 23.6 Å². The van der Waals surface area contributed by atoms with Gasteiger partial charge in [0.1, 0.15) is 45.9 Å². The smallest absolute Gasteiger partial charge is 0.429 e. The first-order valence-corrected chi connectivity index (χ1v) is 15.8. The number of ether oxygens (including phenoxy) is 2. The third-order valence-corrected chi connectivity index (χ3v) is 8.74. The Balaban J connectivity index is 1.28. The van der Waals surface area contributed by atoms with Crippen molar-refractivity contribution in [3.63, 3.8) is 0 Å². The Kier molecular flexibility index (Phi) is 10.9. The molecule has 0 atom stereocenters. The molecule has 0 bridgehead atoms. The lowest BCUT2D eigenvalue weighted by Crippen LogP contribution is -2.25. The summed E-state index contributed by atoms with van der Waals surface area (Å²) >= 11 is 0. The van der Waals surface area contributed by atoms with E-state index in [-0.39, 0.29) is 29.8 Å². The fourth-order valence-electron chi connectivity index (χ4n) is 6.19. The van der Waals surface area contributed by atoms with Crippen LogP contribution in [0.1, 0.15) is 85.7 Å². The summed E-state index contributed by atoms with van der Waals surface area (Å²) in [6, 6.07) is 9.10. The third-order valence-electron chi connectivity index (χ3n) is 8.74. The molecular weight excluding hydrogens is 663 g/mol. The number of rotatable bonds is 11. The molecule has 0 heterocycles. The number of benzene rings is 4. The minimum absolute atomic E-state index is 0.0263. The van der Waals surface area contributed by atoms with Crippen LogP contribution in [0.4, 0.5) is 39.5 Å². The van der Waals surface area contributed by atoms with Crippen molar-refractivity contribution in [3.05, 3.63) is 118 Å². The van der Waals surface area contributed by atoms with Crippen LogP contribution in [0.3, 0.4) is 0 Å². The maximum atomic E-state index is 15.0. The molecule has 1 aliphatic rings. The number of unbranched alkanes of at least 4 members (excludes halogenated alkanes) is 2. The van der Waals surface area contributed by atoms with Crippen molar-refractivity contribution in [2.24, 2.45) is 5.92 Å². The van der Waals surface area contributed by atoms with Gasteiger partial charge in [0.15, 0.2) is 17.5 Å². The van der Waals surface area contributed by atoms with E-state index in [4.69, 9.17) is 0 Å². The van der Waals surface area contributed by atoms with E-state index >= 15 is 17.6 Å². The molecule has 0 amide bonds. The first-order chi connectivity index (χ1) is 23.3. The van der Waals surface area contributed by atoms with Crippen molar-refractivity contribution in [1.29, 1.82) is 0 Å². The van der Waals surface area contributed by atoms with Crippen LogP contribution in [0.25, 0.3) is 11.1 Å². The van der Waals surface area contributed by atoms with Gasteiger partial charge in [-0.25, -0.2) is 35.5 Å². The minimum Gasteiger partial charge on any atom is -0.429 e. The normalized spacial score (nSPS) is 16.4. The SMILES string of the molecule is CCCCCC1CCC(c2ccc(-c3cc(F)c(C(F)(F)Oc4cc(F)c(C(=O)Oc5cc(F)c(F)c(F)c5)c(F)c4)c(F)c3)cc2)CC1. The average Bonchev–Trinajstić information content (AvgIpc) is 3.03. The Bertz CT molecular complexity index is 1750. The van der Waals surface area contributed by atoms with Crippen molar-refractivity contribution < 1.29 is 53.8 Å². The van der Waals surface area contributed by atoms with Crippen molar-refractivity contribution in [2.45, 2.75) is 70.3 Å². The highest BCUT2D eigenvalue weighted by molar-refractivity contribution is 5.91. The van der Waals surface area contributed by atoms with E-state index in [2.05, 4.69) is 16.4 Å². The number of hydrogen-bond donors (Lipinski definition) is 0. The lowest BCUT2D eigenvalue weighted by Gasteiger charge is -2.29. The highest BCUT2D eigenvalue weighted by Crippen LogP contribution is 2.40. The lowest BCUT2D eigenvalue weighted by molar-refractivity contribution is -0.189. The molecule has 1 aliphatic carbocycles. The molecule has 1 fully saturated rings. The molecule has 0 spiro atoms. The Morgan fingerprint density at radius 1 is 0.694 bits per heavy atom. The van der Waals surface area contributed by atoms with Crippen LogP contribution in [-0.2, 0) is 6.11 Å². The molecule has 0 aliphatic heterocycles. The summed E-state index contributed by atoms with van der Waals surface area (Å²) in [7, 11) is 0. The van der Waals surface area contributed by atoms with E-state index in [1.54, 1.807) is 12.1 Å². The summed E-state index contributed by atoms with van der Waals surface area (Å²) < 4.78 is 138. The molecular formula is C37H31F9O3. The first kappa shape index (κ1) is 35.8. The van der Waals surface area contributed by atoms with Crippen LogP contribution in [0.15, 0.2) is 60.7 Å². The first-order valence-electron chi connectivity index (χ1n) is 15.8. The third kappa shape index (κ3) is 8.22. The van der Waals surface area contributed by atoms with Crippen molar-refractivity contribution in [1.82, 2.24) is 0 Å². The molecule has 0 aromatic heterocycles. The summed E-state index contributed by atoms with van der Waals surface area (Å²) in [5.74, 6) is -15.4. The average molecular weight is 695 g/mol. The number of carbonyl (C=O) groups excluding carboxylic acids is 1. The van der Waals surface area contributed by atoms with E-state index in [1.807, 2.05) is 12.1 Å². The summed E-state index contributed by atoms with van der Waals surface area (Å²) in [4.78, 5) is 12.2. The zero-order chi connectivity index (χ0) is 35.5. The van der Waals surface area contributed by atoms with Crippen LogP contribution >= 0.6 is 0 Å². The predicted molar refractivity (Wildman–Crippen MR) is 163 cm³/mol. The van der Waals surface area contributed by atoms with Gasteiger partial charge < -0.3 is 9.47 Å². The molecule has 0 radical (unpaired) electrons. The molecule has 0 N–H and O–H groups in total. The number of alkyl halides is 2. The van der Waals surface area contributed by atoms with Gasteiger partial charge in [-0.05, 0) is 66.3 Å². The standard InChI is InChI=1S/C37H31F9O3/c1-2-3-4-5-20-6-8-21(9-7-20)22-10-12-23(13-11-22)24-14-29(40)34(30(41)15-24)37(45,46)49-26-18-27(38)33(28(39)19-26)36(47)48-25-16-31(42)35(44)32(43)17-25/h10-21H,2-9H2,1H3. The van der Waals surface area contributed by atoms with Gasteiger partial charge in [-0.3, -0.25) is 0 Å². The van der Waals surface area contributed by atoms with Crippen LogP contribution < -0.4 is 9.47 Å². The van der Waals surface area contributed by atoms with Crippen LogP contribution in [0.5, 0.6) is 11.5 Å². The lowest BCUT2D eigenvalue weighted by atomic mass is 9.77. The maximum absolute atomic E-state index is 15.0. The molecule has 49 heavy (non-hydrogen) atoms. The summed E-state index contributed by atoms with van der Waals surface area (Å²) in [5, 5.41) is 0. The maximum Gasteiger partial charge on any atom is 0.432 e. The van der Waals surface area contributed by atoms with E-state index in [0.717, 1.165) is 37.2 Å². The molecule has 3 nitrogen and oxygen atoms in total. The second kappa shape index (κ2) is 15.0. The minimum atomic E-state index is -4.78. The monoisotopic (exact) mass is 694 g/mol. The van der Waals surface area contributed by atoms with Crippen LogP contribution in [-0.4, -0.2) is 5.97 Å². The second-order valence-corrected chi connectivity index (χ2v) is 12.1. The Morgan fingerprint density at radius 2 is 1.24 bits per heavy atom. The zero-order valence-electron chi connectivity index (χ0n) is 26.2. The van der Waals surface area contributed by atoms with E-state index in [9.17, 15) is 26.7 Å². The highest BCUT2D eigenvalue weighted by atomic mass is 19.3. The summed E-state index contributed by atoms with van der Waals surface area (Å²) in [6.45, 7) is 2.18. The topological polar surface area (TPSA) is 35.5 Å². The molecule has 0 saturated heterocycles. The second-order valence-electron chi connectivity index (χ2n) is 12.1. The number of carbonyl (C=O) groups is 1. The van der Waals surface area contributed by atoms with E-state index < -0.39 is 75.4 Å². The fourth-order valence-corrected chi connectivity index (χ4v) is 6.19. The van der Waals surface area contributed by atoms with Crippen LogP contribution in [0, 0.1) is 46.6 Å². The van der Waals surface area contributed by atoms with Crippen molar-refractivity contribution >= 4 is 5.97 Å². The van der Waals surface area contributed by atoms with Gasteiger partial charge in [-0.15, -0.1) is 0 Å². The number of halogens is 9. The van der Waals surface area contributed by atoms with Gasteiger partial charge in [0.05, 0.1) is 0 Å². The van der Waals surface area contributed by atoms with Crippen molar-refractivity contribution in [3.8, 4) is 22.6 Å². The van der Waals surface area contributed by atoms with Crippen LogP contribution in [0.2, 0.25) is 0 Å². The molecule has 5 rings (SSSR count). The highest BCUT2D eigenvalue weighted by Gasteiger charge is 2.42. The molecule has 12 heteroatoms. The predicted octanol–water partition coefficient (Wildman–Crippen LogP) is 11.5. The molecule has 0 unspecified atom stereocenters. The summed E-state index contributed by atoms with van der Waals surface area (Å²) in [6.07, 6.45) is 4.49. The Morgan fingerprint density at radius 3 is 1.80 bits per heavy atom. The van der Waals surface area contributed by atoms with Gasteiger partial charge in [-0.1, -0.05) is 56.9 Å². The van der Waals surface area contributed by atoms with E-state index in [1.165, 1.54) is 25.7 Å². The molecule has 4 aromatic carbocycles. The Labute approximate surface area is 276 Å². The molecule has 1 saturated carbocycles. The van der Waals surface area contributed by atoms with Gasteiger partial charge in [0, 0.05) is 24.3 Å².